The topological polar surface area (TPSA) is 75.6 Å². The summed E-state index contributed by atoms with van der Waals surface area (Å²) in [7, 11) is 0. The quantitative estimate of drug-likeness (QED) is 0.454. The molecule has 2 N–H and O–H groups in total. The predicted molar refractivity (Wildman–Crippen MR) is 121 cm³/mol. The Bertz CT molecular complexity index is 1160. The van der Waals surface area contributed by atoms with Gasteiger partial charge in [-0.05, 0) is 52.0 Å². The molecule has 6 heteroatoms. The average molecular weight is 396 g/mol. The zero-order valence-corrected chi connectivity index (χ0v) is 17.6. The SMILES string of the molecule is Cc1ccc(-c2cc(Nc3cccc(Nc4nc(C)cc(C)n4)c3)nc(C)n2)cc1. The van der Waals surface area contributed by atoms with E-state index in [-0.39, 0.29) is 0 Å². The summed E-state index contributed by atoms with van der Waals surface area (Å²) in [6, 6.07) is 20.2. The van der Waals surface area contributed by atoms with Crippen LogP contribution in [0.4, 0.5) is 23.1 Å². The molecule has 4 aromatic rings. The Hall–Kier alpha value is -3.80. The van der Waals surface area contributed by atoms with E-state index in [0.29, 0.717) is 11.8 Å². The van der Waals surface area contributed by atoms with Crippen molar-refractivity contribution in [2.24, 2.45) is 0 Å². The average Bonchev–Trinajstić information content (AvgIpc) is 2.67. The molecule has 0 atom stereocenters. The molecule has 0 aliphatic heterocycles. The molecular weight excluding hydrogens is 372 g/mol. The van der Waals surface area contributed by atoms with Gasteiger partial charge in [-0.25, -0.2) is 19.9 Å². The van der Waals surface area contributed by atoms with E-state index in [9.17, 15) is 0 Å². The van der Waals surface area contributed by atoms with Crippen molar-refractivity contribution >= 4 is 23.1 Å². The smallest absolute Gasteiger partial charge is 0.227 e. The fourth-order valence-electron chi connectivity index (χ4n) is 3.24. The van der Waals surface area contributed by atoms with E-state index in [0.717, 1.165) is 39.8 Å². The number of aromatic nitrogens is 4. The second-order valence-electron chi connectivity index (χ2n) is 7.36. The molecule has 0 saturated heterocycles. The molecule has 0 spiro atoms. The van der Waals surface area contributed by atoms with Crippen LogP contribution in [0, 0.1) is 27.7 Å². The zero-order chi connectivity index (χ0) is 21.1. The van der Waals surface area contributed by atoms with E-state index in [2.05, 4.69) is 61.8 Å². The summed E-state index contributed by atoms with van der Waals surface area (Å²) in [6.07, 6.45) is 0. The van der Waals surface area contributed by atoms with E-state index < -0.39 is 0 Å². The summed E-state index contributed by atoms with van der Waals surface area (Å²) in [5.41, 5.74) is 6.85. The van der Waals surface area contributed by atoms with Crippen LogP contribution in [0.2, 0.25) is 0 Å². The Kier molecular flexibility index (Phi) is 5.39. The number of hydrogen-bond donors (Lipinski definition) is 2. The molecular formula is C24H24N6. The largest absolute Gasteiger partial charge is 0.340 e. The van der Waals surface area contributed by atoms with Gasteiger partial charge < -0.3 is 10.6 Å². The number of rotatable bonds is 5. The lowest BCUT2D eigenvalue weighted by Gasteiger charge is -2.11. The van der Waals surface area contributed by atoms with Crippen LogP contribution < -0.4 is 10.6 Å². The standard InChI is InChI=1S/C24H24N6/c1-15-8-10-19(11-9-15)22-14-23(28-18(4)27-22)29-20-6-5-7-21(13-20)30-24-25-16(2)12-17(3)26-24/h5-14H,1-4H3,(H,25,26,30)(H,27,28,29). The first-order chi connectivity index (χ1) is 14.4. The molecule has 0 unspecified atom stereocenters. The maximum atomic E-state index is 4.59. The van der Waals surface area contributed by atoms with E-state index in [1.165, 1.54) is 5.56 Å². The molecule has 4 rings (SSSR count). The normalized spacial score (nSPS) is 10.7. The number of aryl methyl sites for hydroxylation is 4. The Balaban J connectivity index is 1.57. The number of anilines is 4. The molecule has 0 saturated carbocycles. The molecule has 0 amide bonds. The third-order valence-electron chi connectivity index (χ3n) is 4.56. The van der Waals surface area contributed by atoms with Gasteiger partial charge in [0.15, 0.2) is 0 Å². The first-order valence-corrected chi connectivity index (χ1v) is 9.84. The molecule has 2 heterocycles. The van der Waals surface area contributed by atoms with Crippen molar-refractivity contribution in [3.63, 3.8) is 0 Å². The molecule has 6 nitrogen and oxygen atoms in total. The van der Waals surface area contributed by atoms with Gasteiger partial charge in [-0.15, -0.1) is 0 Å². The van der Waals surface area contributed by atoms with Gasteiger partial charge in [0.2, 0.25) is 5.95 Å². The molecule has 0 radical (unpaired) electrons. The molecule has 30 heavy (non-hydrogen) atoms. The minimum atomic E-state index is 0.587. The molecule has 0 bridgehead atoms. The van der Waals surface area contributed by atoms with Gasteiger partial charge >= 0.3 is 0 Å². The Morgan fingerprint density at radius 1 is 0.633 bits per heavy atom. The first-order valence-electron chi connectivity index (χ1n) is 9.84. The van der Waals surface area contributed by atoms with Crippen molar-refractivity contribution in [2.45, 2.75) is 27.7 Å². The molecule has 0 fully saturated rings. The molecule has 2 aromatic carbocycles. The minimum Gasteiger partial charge on any atom is -0.340 e. The van der Waals surface area contributed by atoms with Crippen LogP contribution in [0.5, 0.6) is 0 Å². The van der Waals surface area contributed by atoms with Crippen molar-refractivity contribution < 1.29 is 0 Å². The third-order valence-corrected chi connectivity index (χ3v) is 4.56. The van der Waals surface area contributed by atoms with Crippen LogP contribution in [0.25, 0.3) is 11.3 Å². The summed E-state index contributed by atoms with van der Waals surface area (Å²) in [4.78, 5) is 18.0. The number of nitrogens with zero attached hydrogens (tertiary/aromatic N) is 4. The highest BCUT2D eigenvalue weighted by molar-refractivity contribution is 5.68. The van der Waals surface area contributed by atoms with Gasteiger partial charge in [0.1, 0.15) is 11.6 Å². The van der Waals surface area contributed by atoms with Crippen molar-refractivity contribution in [1.82, 2.24) is 19.9 Å². The van der Waals surface area contributed by atoms with Crippen molar-refractivity contribution in [3.8, 4) is 11.3 Å². The van der Waals surface area contributed by atoms with Gasteiger partial charge in [0, 0.05) is 34.4 Å². The van der Waals surface area contributed by atoms with Crippen LogP contribution in [0.1, 0.15) is 22.8 Å². The highest BCUT2D eigenvalue weighted by atomic mass is 15.1. The Labute approximate surface area is 176 Å². The van der Waals surface area contributed by atoms with Crippen LogP contribution >= 0.6 is 0 Å². The summed E-state index contributed by atoms with van der Waals surface area (Å²) in [5.74, 6) is 2.05. The minimum absolute atomic E-state index is 0.587. The van der Waals surface area contributed by atoms with E-state index in [1.54, 1.807) is 0 Å². The predicted octanol–water partition coefficient (Wildman–Crippen LogP) is 5.65. The molecule has 2 aromatic heterocycles. The van der Waals surface area contributed by atoms with Gasteiger partial charge in [-0.3, -0.25) is 0 Å². The van der Waals surface area contributed by atoms with Crippen molar-refractivity contribution in [1.29, 1.82) is 0 Å². The maximum absolute atomic E-state index is 4.59. The van der Waals surface area contributed by atoms with E-state index >= 15 is 0 Å². The highest BCUT2D eigenvalue weighted by Crippen LogP contribution is 2.24. The number of benzene rings is 2. The fourth-order valence-corrected chi connectivity index (χ4v) is 3.24. The number of nitrogens with one attached hydrogen (secondary N) is 2. The van der Waals surface area contributed by atoms with Crippen LogP contribution in [0.15, 0.2) is 60.7 Å². The lowest BCUT2D eigenvalue weighted by atomic mass is 10.1. The molecule has 150 valence electrons. The maximum Gasteiger partial charge on any atom is 0.227 e. The summed E-state index contributed by atoms with van der Waals surface area (Å²) < 4.78 is 0. The van der Waals surface area contributed by atoms with Gasteiger partial charge in [-0.1, -0.05) is 35.9 Å². The van der Waals surface area contributed by atoms with E-state index in [1.807, 2.05) is 57.2 Å². The van der Waals surface area contributed by atoms with Gasteiger partial charge in [-0.2, -0.15) is 0 Å². The second kappa shape index (κ2) is 8.29. The lowest BCUT2D eigenvalue weighted by molar-refractivity contribution is 1.06. The van der Waals surface area contributed by atoms with E-state index in [4.69, 9.17) is 0 Å². The summed E-state index contributed by atoms with van der Waals surface area (Å²) >= 11 is 0. The zero-order valence-electron chi connectivity index (χ0n) is 17.6. The lowest BCUT2D eigenvalue weighted by Crippen LogP contribution is -2.01. The van der Waals surface area contributed by atoms with Crippen LogP contribution in [0.3, 0.4) is 0 Å². The molecule has 0 aliphatic carbocycles. The van der Waals surface area contributed by atoms with Gasteiger partial charge in [0.05, 0.1) is 5.69 Å². The Morgan fingerprint density at radius 3 is 2.00 bits per heavy atom. The van der Waals surface area contributed by atoms with Crippen LogP contribution in [-0.2, 0) is 0 Å². The number of hydrogen-bond acceptors (Lipinski definition) is 6. The van der Waals surface area contributed by atoms with Gasteiger partial charge in [0.25, 0.3) is 0 Å². The monoisotopic (exact) mass is 396 g/mol. The van der Waals surface area contributed by atoms with Crippen molar-refractivity contribution in [3.05, 3.63) is 83.4 Å². The summed E-state index contributed by atoms with van der Waals surface area (Å²) in [5, 5.41) is 6.65. The third kappa shape index (κ3) is 4.78. The fraction of sp³-hybridized carbons (Fsp3) is 0.167. The molecule has 0 aliphatic rings. The van der Waals surface area contributed by atoms with Crippen molar-refractivity contribution in [2.75, 3.05) is 10.6 Å². The summed E-state index contributed by atoms with van der Waals surface area (Å²) in [6.45, 7) is 7.90. The van der Waals surface area contributed by atoms with Crippen LogP contribution in [-0.4, -0.2) is 19.9 Å². The Morgan fingerprint density at radius 2 is 1.30 bits per heavy atom. The second-order valence-corrected chi connectivity index (χ2v) is 7.36. The first kappa shape index (κ1) is 19.5. The highest BCUT2D eigenvalue weighted by Gasteiger charge is 2.06.